The van der Waals surface area contributed by atoms with Gasteiger partial charge in [0.2, 0.25) is 5.91 Å². The minimum absolute atomic E-state index is 0. The minimum Gasteiger partial charge on any atom is -0.328 e. The van der Waals surface area contributed by atoms with Gasteiger partial charge in [-0.25, -0.2) is 4.39 Å². The van der Waals surface area contributed by atoms with Crippen LogP contribution >= 0.6 is 12.4 Å². The Bertz CT molecular complexity index is 345. The van der Waals surface area contributed by atoms with Crippen LogP contribution in [0.3, 0.4) is 0 Å². The molecule has 0 saturated carbocycles. The Morgan fingerprint density at radius 3 is 2.69 bits per heavy atom. The van der Waals surface area contributed by atoms with Gasteiger partial charge >= 0.3 is 0 Å². The van der Waals surface area contributed by atoms with Gasteiger partial charge in [-0.15, -0.1) is 12.4 Å². The molecule has 1 unspecified atom stereocenters. The highest BCUT2D eigenvalue weighted by Crippen LogP contribution is 2.12. The zero-order valence-electron chi connectivity index (χ0n) is 9.07. The standard InChI is InChI=1S/C11H15FN2O.ClH/c1-8(13)6-7-11(15)14-10-5-3-2-4-9(10)12;/h2-5,8H,6-7,13H2,1H3,(H,14,15);1H. The maximum Gasteiger partial charge on any atom is 0.224 e. The van der Waals surface area contributed by atoms with E-state index in [1.165, 1.54) is 12.1 Å². The first-order chi connectivity index (χ1) is 7.09. The van der Waals surface area contributed by atoms with Gasteiger partial charge < -0.3 is 11.1 Å². The molecule has 0 radical (unpaired) electrons. The monoisotopic (exact) mass is 246 g/mol. The van der Waals surface area contributed by atoms with Crippen LogP contribution in [0.2, 0.25) is 0 Å². The van der Waals surface area contributed by atoms with Gasteiger partial charge in [-0.1, -0.05) is 12.1 Å². The summed E-state index contributed by atoms with van der Waals surface area (Å²) in [6.07, 6.45) is 0.909. The van der Waals surface area contributed by atoms with E-state index in [9.17, 15) is 9.18 Å². The molecular formula is C11H16ClFN2O. The van der Waals surface area contributed by atoms with Gasteiger partial charge in [0.1, 0.15) is 5.82 Å². The van der Waals surface area contributed by atoms with E-state index >= 15 is 0 Å². The Labute approximate surface area is 101 Å². The summed E-state index contributed by atoms with van der Waals surface area (Å²) in [4.78, 5) is 11.3. The predicted octanol–water partition coefficient (Wildman–Crippen LogP) is 2.31. The summed E-state index contributed by atoms with van der Waals surface area (Å²) in [6.45, 7) is 1.83. The lowest BCUT2D eigenvalue weighted by Gasteiger charge is -2.07. The number of hydrogen-bond donors (Lipinski definition) is 2. The molecule has 3 nitrogen and oxygen atoms in total. The van der Waals surface area contributed by atoms with Crippen molar-refractivity contribution < 1.29 is 9.18 Å². The first kappa shape index (κ1) is 14.9. The van der Waals surface area contributed by atoms with Crippen LogP contribution in [-0.4, -0.2) is 11.9 Å². The fourth-order valence-corrected chi connectivity index (χ4v) is 1.13. The van der Waals surface area contributed by atoms with Gasteiger partial charge in [0, 0.05) is 12.5 Å². The molecule has 0 aromatic heterocycles. The van der Waals surface area contributed by atoms with E-state index in [2.05, 4.69) is 5.32 Å². The lowest BCUT2D eigenvalue weighted by molar-refractivity contribution is -0.116. The molecule has 1 aromatic carbocycles. The van der Waals surface area contributed by atoms with Crippen LogP contribution in [-0.2, 0) is 4.79 Å². The number of nitrogens with two attached hydrogens (primary N) is 1. The molecule has 16 heavy (non-hydrogen) atoms. The van der Waals surface area contributed by atoms with E-state index in [4.69, 9.17) is 5.73 Å². The number of anilines is 1. The van der Waals surface area contributed by atoms with Crippen molar-refractivity contribution >= 4 is 24.0 Å². The van der Waals surface area contributed by atoms with Crippen LogP contribution in [0, 0.1) is 5.82 Å². The normalized spacial score (nSPS) is 11.4. The average Bonchev–Trinajstić information content (AvgIpc) is 2.18. The van der Waals surface area contributed by atoms with E-state index in [-0.39, 0.29) is 30.0 Å². The second-order valence-corrected chi connectivity index (χ2v) is 3.54. The molecule has 0 aliphatic carbocycles. The van der Waals surface area contributed by atoms with Gasteiger partial charge in [-0.3, -0.25) is 4.79 Å². The van der Waals surface area contributed by atoms with E-state index < -0.39 is 5.82 Å². The van der Waals surface area contributed by atoms with E-state index in [0.29, 0.717) is 12.8 Å². The zero-order chi connectivity index (χ0) is 11.3. The van der Waals surface area contributed by atoms with Gasteiger partial charge in [0.15, 0.2) is 0 Å². The van der Waals surface area contributed by atoms with Crippen LogP contribution in [0.25, 0.3) is 0 Å². The third kappa shape index (κ3) is 5.09. The molecule has 0 bridgehead atoms. The Balaban J connectivity index is 0.00000225. The molecule has 1 atom stereocenters. The molecule has 1 rings (SSSR count). The highest BCUT2D eigenvalue weighted by Gasteiger charge is 2.06. The highest BCUT2D eigenvalue weighted by molar-refractivity contribution is 5.90. The summed E-state index contributed by atoms with van der Waals surface area (Å²) >= 11 is 0. The summed E-state index contributed by atoms with van der Waals surface area (Å²) in [5, 5.41) is 2.50. The molecule has 5 heteroatoms. The summed E-state index contributed by atoms with van der Waals surface area (Å²) in [5.74, 6) is -0.635. The Morgan fingerprint density at radius 2 is 2.12 bits per heavy atom. The first-order valence-corrected chi connectivity index (χ1v) is 4.89. The molecule has 1 amide bonds. The maximum atomic E-state index is 13.1. The van der Waals surface area contributed by atoms with Crippen molar-refractivity contribution in [1.82, 2.24) is 0 Å². The smallest absolute Gasteiger partial charge is 0.224 e. The number of rotatable bonds is 4. The lowest BCUT2D eigenvalue weighted by Crippen LogP contribution is -2.19. The molecule has 0 heterocycles. The largest absolute Gasteiger partial charge is 0.328 e. The Hall–Kier alpha value is -1.13. The topological polar surface area (TPSA) is 55.1 Å². The third-order valence-electron chi connectivity index (χ3n) is 1.97. The SMILES string of the molecule is CC(N)CCC(=O)Nc1ccccc1F.Cl. The van der Waals surface area contributed by atoms with Gasteiger partial charge in [0.05, 0.1) is 5.69 Å². The van der Waals surface area contributed by atoms with Crippen molar-refractivity contribution in [3.05, 3.63) is 30.1 Å². The second kappa shape index (κ2) is 7.19. The molecule has 90 valence electrons. The number of para-hydroxylation sites is 1. The van der Waals surface area contributed by atoms with Crippen LogP contribution in [0.5, 0.6) is 0 Å². The lowest BCUT2D eigenvalue weighted by atomic mass is 10.2. The summed E-state index contributed by atoms with van der Waals surface area (Å²) in [7, 11) is 0. The van der Waals surface area contributed by atoms with Crippen LogP contribution in [0.1, 0.15) is 19.8 Å². The van der Waals surface area contributed by atoms with Gasteiger partial charge in [-0.2, -0.15) is 0 Å². The third-order valence-corrected chi connectivity index (χ3v) is 1.97. The molecule has 0 aliphatic rings. The number of nitrogens with one attached hydrogen (secondary N) is 1. The molecule has 0 aliphatic heterocycles. The molecule has 1 aromatic rings. The van der Waals surface area contributed by atoms with Crippen molar-refractivity contribution in [3.8, 4) is 0 Å². The van der Waals surface area contributed by atoms with E-state index in [1.54, 1.807) is 12.1 Å². The molecular weight excluding hydrogens is 231 g/mol. The van der Waals surface area contributed by atoms with Crippen molar-refractivity contribution in [1.29, 1.82) is 0 Å². The Kier molecular flexibility index (Phi) is 6.69. The molecule has 0 saturated heterocycles. The van der Waals surface area contributed by atoms with Crippen molar-refractivity contribution in [2.75, 3.05) is 5.32 Å². The number of carbonyl (C=O) groups is 1. The van der Waals surface area contributed by atoms with E-state index in [1.807, 2.05) is 6.92 Å². The van der Waals surface area contributed by atoms with Crippen LogP contribution < -0.4 is 11.1 Å². The van der Waals surface area contributed by atoms with Gasteiger partial charge in [0.25, 0.3) is 0 Å². The summed E-state index contributed by atoms with van der Waals surface area (Å²) in [5.41, 5.74) is 5.72. The zero-order valence-corrected chi connectivity index (χ0v) is 9.89. The minimum atomic E-state index is -0.424. The van der Waals surface area contributed by atoms with Crippen LogP contribution in [0.15, 0.2) is 24.3 Å². The quantitative estimate of drug-likeness (QED) is 0.857. The summed E-state index contributed by atoms with van der Waals surface area (Å²) < 4.78 is 13.1. The number of benzene rings is 1. The molecule has 0 fully saturated rings. The second-order valence-electron chi connectivity index (χ2n) is 3.54. The van der Waals surface area contributed by atoms with Crippen molar-refractivity contribution in [2.24, 2.45) is 5.73 Å². The van der Waals surface area contributed by atoms with Crippen LogP contribution in [0.4, 0.5) is 10.1 Å². The van der Waals surface area contributed by atoms with Crippen molar-refractivity contribution in [3.63, 3.8) is 0 Å². The van der Waals surface area contributed by atoms with E-state index in [0.717, 1.165) is 0 Å². The summed E-state index contributed by atoms with van der Waals surface area (Å²) in [6, 6.07) is 6.06. The molecule has 0 spiro atoms. The number of carbonyl (C=O) groups excluding carboxylic acids is 1. The predicted molar refractivity (Wildman–Crippen MR) is 65.2 cm³/mol. The van der Waals surface area contributed by atoms with Gasteiger partial charge in [-0.05, 0) is 25.5 Å². The highest BCUT2D eigenvalue weighted by atomic mass is 35.5. The molecule has 3 N–H and O–H groups in total. The number of halogens is 2. The Morgan fingerprint density at radius 1 is 1.50 bits per heavy atom. The first-order valence-electron chi connectivity index (χ1n) is 4.89. The maximum absolute atomic E-state index is 13.1. The number of hydrogen-bond acceptors (Lipinski definition) is 2. The average molecular weight is 247 g/mol. The van der Waals surface area contributed by atoms with Crippen molar-refractivity contribution in [2.45, 2.75) is 25.8 Å². The fraction of sp³-hybridized carbons (Fsp3) is 0.364. The number of amides is 1. The fourth-order valence-electron chi connectivity index (χ4n) is 1.13.